The lowest BCUT2D eigenvalue weighted by molar-refractivity contribution is 0.101. The van der Waals surface area contributed by atoms with Crippen LogP contribution in [0.15, 0.2) is 34.7 Å². The molecule has 2 nitrogen and oxygen atoms in total. The minimum atomic E-state index is -2.65. The first-order valence-electron chi connectivity index (χ1n) is 8.39. The van der Waals surface area contributed by atoms with Gasteiger partial charge in [-0.1, -0.05) is 46.9 Å². The number of fused-ring (bicyclic) bond motifs is 1. The van der Waals surface area contributed by atoms with Crippen molar-refractivity contribution in [1.82, 2.24) is 0 Å². The number of aryl methyl sites for hydroxylation is 1. The van der Waals surface area contributed by atoms with Gasteiger partial charge in [-0.3, -0.25) is 0 Å². The van der Waals surface area contributed by atoms with Gasteiger partial charge in [0.15, 0.2) is 0 Å². The zero-order valence-corrected chi connectivity index (χ0v) is 17.1. The van der Waals surface area contributed by atoms with Crippen molar-refractivity contribution in [3.63, 3.8) is 0 Å². The summed E-state index contributed by atoms with van der Waals surface area (Å²) in [5.74, 6) is 0. The normalized spacial score (nSPS) is 24.4. The van der Waals surface area contributed by atoms with Crippen LogP contribution in [-0.4, -0.2) is 12.1 Å². The molecule has 27 heavy (non-hydrogen) atoms. The Morgan fingerprint density at radius 3 is 2.52 bits per heavy atom. The van der Waals surface area contributed by atoms with E-state index in [4.69, 9.17) is 40.5 Å². The van der Waals surface area contributed by atoms with Crippen LogP contribution in [0.2, 0.25) is 15.1 Å². The summed E-state index contributed by atoms with van der Waals surface area (Å²) in [7, 11) is 0. The lowest BCUT2D eigenvalue weighted by Crippen LogP contribution is -2.30. The molecule has 1 heterocycles. The molecular weight excluding hydrogens is 433 g/mol. The van der Waals surface area contributed by atoms with Gasteiger partial charge in [0, 0.05) is 12.5 Å². The number of hydrogen-bond donors (Lipinski definition) is 1. The summed E-state index contributed by atoms with van der Waals surface area (Å²) in [6, 6.07) is 8.86. The second-order valence-corrected chi connectivity index (χ2v) is 9.09. The molecule has 1 aliphatic heterocycles. The van der Waals surface area contributed by atoms with E-state index in [1.165, 1.54) is 17.7 Å². The van der Waals surface area contributed by atoms with E-state index in [0.717, 1.165) is 35.9 Å². The van der Waals surface area contributed by atoms with Crippen molar-refractivity contribution in [2.24, 2.45) is 10.1 Å². The highest BCUT2D eigenvalue weighted by Crippen LogP contribution is 2.52. The molecule has 0 saturated carbocycles. The molecule has 2 atom stereocenters. The van der Waals surface area contributed by atoms with Gasteiger partial charge in [-0.05, 0) is 65.2 Å². The van der Waals surface area contributed by atoms with E-state index >= 15 is 0 Å². The van der Waals surface area contributed by atoms with Gasteiger partial charge in [-0.2, -0.15) is 0 Å². The molecule has 0 spiro atoms. The van der Waals surface area contributed by atoms with Crippen molar-refractivity contribution in [2.75, 3.05) is 0 Å². The molecular formula is C19H15Cl3F2N2S. The standard InChI is InChI=1S/C19H15Cl3F2N2S/c20-13-6-11(7-14(21)17(13)22)19(18(23)24)8-16(26-27-19)10-1-3-12-9(5-10)2-4-15(12)25/h1,3,5-7,15,18H,2,4,8,25H2. The zero-order valence-electron chi connectivity index (χ0n) is 14.0. The molecule has 8 heteroatoms. The van der Waals surface area contributed by atoms with Gasteiger partial charge in [-0.25, -0.2) is 13.2 Å². The second kappa shape index (κ2) is 7.20. The van der Waals surface area contributed by atoms with Crippen LogP contribution in [0.4, 0.5) is 8.78 Å². The maximum Gasteiger partial charge on any atom is 0.259 e. The molecule has 1 aliphatic carbocycles. The quantitative estimate of drug-likeness (QED) is 0.425. The van der Waals surface area contributed by atoms with E-state index in [1.54, 1.807) is 0 Å². The zero-order chi connectivity index (χ0) is 19.3. The van der Waals surface area contributed by atoms with Crippen LogP contribution >= 0.6 is 46.8 Å². The van der Waals surface area contributed by atoms with E-state index in [0.29, 0.717) is 11.3 Å². The Hall–Kier alpha value is -0.850. The van der Waals surface area contributed by atoms with Gasteiger partial charge in [-0.15, -0.1) is 0 Å². The molecule has 0 fully saturated rings. The summed E-state index contributed by atoms with van der Waals surface area (Å²) in [6.45, 7) is 0. The van der Waals surface area contributed by atoms with Crippen LogP contribution in [0, 0.1) is 0 Å². The Morgan fingerprint density at radius 2 is 1.85 bits per heavy atom. The van der Waals surface area contributed by atoms with Gasteiger partial charge >= 0.3 is 0 Å². The van der Waals surface area contributed by atoms with E-state index in [2.05, 4.69) is 4.40 Å². The first-order valence-corrected chi connectivity index (χ1v) is 10.3. The van der Waals surface area contributed by atoms with Gasteiger partial charge < -0.3 is 5.73 Å². The van der Waals surface area contributed by atoms with Crippen LogP contribution < -0.4 is 5.73 Å². The fourth-order valence-corrected chi connectivity index (χ4v) is 5.18. The van der Waals surface area contributed by atoms with Crippen LogP contribution in [0.1, 0.15) is 41.1 Å². The minimum Gasteiger partial charge on any atom is -0.324 e. The lowest BCUT2D eigenvalue weighted by Gasteiger charge is -2.27. The SMILES string of the molecule is NC1CCc2cc(C3=NSC(c4cc(Cl)c(Cl)c(Cl)c4)(C(F)F)C3)ccc21. The summed E-state index contributed by atoms with van der Waals surface area (Å²) in [5, 5.41) is 0.463. The predicted octanol–water partition coefficient (Wildman–Crippen LogP) is 6.59. The third-order valence-corrected chi connectivity index (χ3v) is 7.57. The number of nitrogens with zero attached hydrogens (tertiary/aromatic N) is 1. The smallest absolute Gasteiger partial charge is 0.259 e. The van der Waals surface area contributed by atoms with Gasteiger partial charge in [0.25, 0.3) is 6.43 Å². The number of rotatable bonds is 3. The van der Waals surface area contributed by atoms with Crippen molar-refractivity contribution in [1.29, 1.82) is 0 Å². The summed E-state index contributed by atoms with van der Waals surface area (Å²) in [5.41, 5.74) is 10.2. The Balaban J connectivity index is 1.69. The fourth-order valence-electron chi connectivity index (χ4n) is 3.63. The second-order valence-electron chi connectivity index (χ2n) is 6.81. The molecule has 0 radical (unpaired) electrons. The first-order chi connectivity index (χ1) is 12.8. The number of hydrogen-bond acceptors (Lipinski definition) is 3. The maximum absolute atomic E-state index is 14.2. The molecule has 142 valence electrons. The molecule has 2 aliphatic rings. The van der Waals surface area contributed by atoms with E-state index in [1.807, 2.05) is 18.2 Å². The molecule has 0 saturated heterocycles. The molecule has 2 aromatic rings. The number of halogens is 5. The number of benzene rings is 2. The summed E-state index contributed by atoms with van der Waals surface area (Å²) < 4.78 is 31.2. The summed E-state index contributed by atoms with van der Waals surface area (Å²) in [6.07, 6.45) is -0.774. The molecule has 2 unspecified atom stereocenters. The Labute approximate surface area is 175 Å². The number of nitrogens with two attached hydrogens (primary N) is 1. The Morgan fingerprint density at radius 1 is 1.15 bits per heavy atom. The predicted molar refractivity (Wildman–Crippen MR) is 110 cm³/mol. The van der Waals surface area contributed by atoms with Crippen molar-refractivity contribution in [2.45, 2.75) is 36.5 Å². The van der Waals surface area contributed by atoms with Crippen LogP contribution in [0.25, 0.3) is 0 Å². The van der Waals surface area contributed by atoms with Crippen molar-refractivity contribution >= 4 is 52.5 Å². The number of alkyl halides is 2. The largest absolute Gasteiger partial charge is 0.324 e. The molecule has 0 aromatic heterocycles. The average Bonchev–Trinajstić information content (AvgIpc) is 3.24. The Kier molecular flexibility index (Phi) is 5.19. The Bertz CT molecular complexity index is 928. The molecule has 2 N–H and O–H groups in total. The fraction of sp³-hybridized carbons (Fsp3) is 0.316. The van der Waals surface area contributed by atoms with Crippen molar-refractivity contribution < 1.29 is 8.78 Å². The summed E-state index contributed by atoms with van der Waals surface area (Å²) in [4.78, 5) is 0. The highest BCUT2D eigenvalue weighted by Gasteiger charge is 2.48. The topological polar surface area (TPSA) is 38.4 Å². The van der Waals surface area contributed by atoms with E-state index in [-0.39, 0.29) is 27.5 Å². The van der Waals surface area contributed by atoms with Gasteiger partial charge in [0.05, 0.1) is 20.8 Å². The lowest BCUT2D eigenvalue weighted by atomic mass is 9.89. The van der Waals surface area contributed by atoms with E-state index < -0.39 is 11.2 Å². The molecule has 0 amide bonds. The van der Waals surface area contributed by atoms with Crippen LogP contribution in [0.5, 0.6) is 0 Å². The van der Waals surface area contributed by atoms with Gasteiger partial charge in [0.1, 0.15) is 4.75 Å². The monoisotopic (exact) mass is 446 g/mol. The maximum atomic E-state index is 14.2. The van der Waals surface area contributed by atoms with Crippen LogP contribution in [0.3, 0.4) is 0 Å². The van der Waals surface area contributed by atoms with Crippen LogP contribution in [-0.2, 0) is 11.2 Å². The third-order valence-electron chi connectivity index (χ3n) is 5.17. The van der Waals surface area contributed by atoms with Crippen molar-refractivity contribution in [3.8, 4) is 0 Å². The first kappa shape index (κ1) is 19.5. The highest BCUT2D eigenvalue weighted by molar-refractivity contribution is 7.99. The molecule has 2 aromatic carbocycles. The van der Waals surface area contributed by atoms with E-state index in [9.17, 15) is 8.78 Å². The molecule has 0 bridgehead atoms. The highest BCUT2D eigenvalue weighted by atomic mass is 35.5. The third kappa shape index (κ3) is 3.28. The van der Waals surface area contributed by atoms with Gasteiger partial charge in [0.2, 0.25) is 0 Å². The van der Waals surface area contributed by atoms with Crippen molar-refractivity contribution in [3.05, 3.63) is 67.7 Å². The summed E-state index contributed by atoms with van der Waals surface area (Å²) >= 11 is 19.0. The average molecular weight is 448 g/mol. The minimum absolute atomic E-state index is 0.0486. The molecule has 4 rings (SSSR count).